The van der Waals surface area contributed by atoms with Crippen molar-refractivity contribution in [3.63, 3.8) is 0 Å². The Morgan fingerprint density at radius 2 is 2.05 bits per heavy atom. The largest absolute Gasteiger partial charge is 0.481 e. The highest BCUT2D eigenvalue weighted by molar-refractivity contribution is 5.80. The lowest BCUT2D eigenvalue weighted by Crippen LogP contribution is -2.08. The summed E-state index contributed by atoms with van der Waals surface area (Å²) in [4.78, 5) is 14.8. The third-order valence-corrected chi connectivity index (χ3v) is 2.62. The lowest BCUT2D eigenvalue weighted by Gasteiger charge is -2.05. The molecule has 1 aromatic carbocycles. The molecule has 0 unspecified atom stereocenters. The molecule has 0 aliphatic heterocycles. The van der Waals surface area contributed by atoms with Crippen LogP contribution in [0.2, 0.25) is 0 Å². The molecule has 0 spiro atoms. The Morgan fingerprint density at radius 1 is 1.29 bits per heavy atom. The monoisotopic (exact) mass is 296 g/mol. The highest BCUT2D eigenvalue weighted by Crippen LogP contribution is 2.17. The molecule has 0 amide bonds. The maximum atomic E-state index is 11.9. The number of hydrogen-bond donors (Lipinski definition) is 2. The second-order valence-electron chi connectivity index (χ2n) is 4.16. The number of pyridine rings is 1. The van der Waals surface area contributed by atoms with E-state index in [1.807, 2.05) is 5.92 Å². The number of H-pyrrole nitrogens is 1. The number of aromatic amines is 1. The molecule has 0 saturated carbocycles. The van der Waals surface area contributed by atoms with E-state index < -0.39 is 12.8 Å². The summed E-state index contributed by atoms with van der Waals surface area (Å²) < 4.78 is 40.6. The summed E-state index contributed by atoms with van der Waals surface area (Å²) in [6.07, 6.45) is -4.54. The van der Waals surface area contributed by atoms with Gasteiger partial charge in [-0.1, -0.05) is 5.92 Å². The molecule has 0 aliphatic carbocycles. The van der Waals surface area contributed by atoms with Crippen LogP contribution in [-0.2, 0) is 6.54 Å². The van der Waals surface area contributed by atoms with Crippen LogP contribution in [0.1, 0.15) is 5.69 Å². The van der Waals surface area contributed by atoms with Gasteiger partial charge in [0.2, 0.25) is 0 Å². The van der Waals surface area contributed by atoms with Crippen molar-refractivity contribution in [1.82, 2.24) is 4.98 Å². The molecule has 1 aromatic heterocycles. The van der Waals surface area contributed by atoms with Crippen molar-refractivity contribution >= 4 is 10.9 Å². The van der Waals surface area contributed by atoms with Gasteiger partial charge < -0.3 is 15.5 Å². The van der Waals surface area contributed by atoms with Gasteiger partial charge in [0.15, 0.2) is 5.43 Å². The van der Waals surface area contributed by atoms with E-state index in [1.165, 1.54) is 18.2 Å². The van der Waals surface area contributed by atoms with E-state index in [9.17, 15) is 18.0 Å². The average Bonchev–Trinajstić information content (AvgIpc) is 2.42. The highest BCUT2D eigenvalue weighted by Gasteiger charge is 2.22. The Bertz CT molecular complexity index is 770. The molecule has 4 nitrogen and oxygen atoms in total. The zero-order valence-corrected chi connectivity index (χ0v) is 10.8. The number of fused-ring (bicyclic) bond motifs is 1. The van der Waals surface area contributed by atoms with E-state index in [2.05, 4.69) is 4.98 Å². The van der Waals surface area contributed by atoms with Gasteiger partial charge in [-0.2, -0.15) is 13.2 Å². The summed E-state index contributed by atoms with van der Waals surface area (Å²) >= 11 is 0. The zero-order valence-electron chi connectivity index (χ0n) is 10.8. The second-order valence-corrected chi connectivity index (χ2v) is 4.16. The van der Waals surface area contributed by atoms with Gasteiger partial charge in [-0.3, -0.25) is 4.79 Å². The van der Waals surface area contributed by atoms with E-state index in [0.29, 0.717) is 16.6 Å². The topological polar surface area (TPSA) is 68.1 Å². The number of ether oxygens (including phenoxy) is 1. The van der Waals surface area contributed by atoms with Crippen LogP contribution in [0.25, 0.3) is 10.9 Å². The average molecular weight is 296 g/mol. The molecule has 7 heteroatoms. The zero-order chi connectivity index (χ0) is 15.5. The lowest BCUT2D eigenvalue weighted by atomic mass is 10.2. The smallest absolute Gasteiger partial charge is 0.457 e. The van der Waals surface area contributed by atoms with Crippen molar-refractivity contribution in [2.45, 2.75) is 12.7 Å². The minimum absolute atomic E-state index is 0.205. The maximum absolute atomic E-state index is 11.9. The van der Waals surface area contributed by atoms with E-state index in [0.717, 1.165) is 5.92 Å². The summed E-state index contributed by atoms with van der Waals surface area (Å²) in [5, 5.41) is 0.369. The molecular formula is C14H11F3N2O2. The summed E-state index contributed by atoms with van der Waals surface area (Å²) in [5.41, 5.74) is 6.39. The predicted octanol–water partition coefficient (Wildman–Crippen LogP) is 1.93. The molecule has 110 valence electrons. The number of halogens is 3. The first-order valence-electron chi connectivity index (χ1n) is 5.94. The minimum Gasteiger partial charge on any atom is -0.481 e. The number of nitrogens with one attached hydrogen (secondary N) is 1. The van der Waals surface area contributed by atoms with Crippen molar-refractivity contribution in [1.29, 1.82) is 0 Å². The fourth-order valence-electron chi connectivity index (χ4n) is 1.74. The first-order valence-corrected chi connectivity index (χ1v) is 5.94. The number of aromatic nitrogens is 1. The Hall–Kier alpha value is -2.46. The quantitative estimate of drug-likeness (QED) is 0.850. The number of rotatable bonds is 3. The van der Waals surface area contributed by atoms with Gasteiger partial charge >= 0.3 is 6.18 Å². The number of hydrogen-bond acceptors (Lipinski definition) is 3. The maximum Gasteiger partial charge on any atom is 0.457 e. The first kappa shape index (κ1) is 14.9. The van der Waals surface area contributed by atoms with E-state index >= 15 is 0 Å². The minimum atomic E-state index is -4.54. The Balaban J connectivity index is 2.21. The normalized spacial score (nSPS) is 11.0. The van der Waals surface area contributed by atoms with Crippen LogP contribution < -0.4 is 15.9 Å². The predicted molar refractivity (Wildman–Crippen MR) is 71.8 cm³/mol. The van der Waals surface area contributed by atoms with Gasteiger partial charge in [0, 0.05) is 35.1 Å². The Labute approximate surface area is 117 Å². The van der Waals surface area contributed by atoms with Crippen molar-refractivity contribution in [2.24, 2.45) is 5.73 Å². The van der Waals surface area contributed by atoms with Crippen molar-refractivity contribution in [3.8, 4) is 17.6 Å². The molecule has 21 heavy (non-hydrogen) atoms. The van der Waals surface area contributed by atoms with Crippen molar-refractivity contribution in [3.05, 3.63) is 40.2 Å². The fourth-order valence-corrected chi connectivity index (χ4v) is 1.74. The summed E-state index contributed by atoms with van der Waals surface area (Å²) in [6.45, 7) is -0.208. The van der Waals surface area contributed by atoms with E-state index in [1.54, 1.807) is 6.07 Å². The SMILES string of the molecule is NCc1cc(=O)c2cc(OCC#CC(F)(F)F)ccc2[nH]1. The summed E-state index contributed by atoms with van der Waals surface area (Å²) in [6, 6.07) is 5.95. The standard InChI is InChI=1S/C14H11F3N2O2/c15-14(16,17)4-1-5-21-10-2-3-12-11(7-10)13(20)6-9(8-18)19-12/h2-3,6-7H,5,8,18H2,(H,19,20). The molecule has 0 bridgehead atoms. The molecule has 0 atom stereocenters. The van der Waals surface area contributed by atoms with Gasteiger partial charge in [0.25, 0.3) is 0 Å². The molecular weight excluding hydrogens is 285 g/mol. The summed E-state index contributed by atoms with van der Waals surface area (Å²) in [5.74, 6) is 3.22. The molecule has 1 heterocycles. The molecule has 0 radical (unpaired) electrons. The second kappa shape index (κ2) is 5.89. The molecule has 3 N–H and O–H groups in total. The summed E-state index contributed by atoms with van der Waals surface area (Å²) in [7, 11) is 0. The van der Waals surface area contributed by atoms with Gasteiger partial charge in [-0.15, -0.1) is 0 Å². The van der Waals surface area contributed by atoms with Crippen LogP contribution >= 0.6 is 0 Å². The highest BCUT2D eigenvalue weighted by atomic mass is 19.4. The first-order chi connectivity index (χ1) is 9.89. The van der Waals surface area contributed by atoms with Gasteiger partial charge in [0.1, 0.15) is 12.4 Å². The molecule has 2 rings (SSSR count). The van der Waals surface area contributed by atoms with E-state index in [-0.39, 0.29) is 17.7 Å². The Morgan fingerprint density at radius 3 is 2.71 bits per heavy atom. The van der Waals surface area contributed by atoms with Crippen LogP contribution in [0.4, 0.5) is 13.2 Å². The van der Waals surface area contributed by atoms with Gasteiger partial charge in [0.05, 0.1) is 0 Å². The van der Waals surface area contributed by atoms with Crippen LogP contribution in [0.15, 0.2) is 29.1 Å². The Kier molecular flexibility index (Phi) is 4.19. The molecule has 0 saturated heterocycles. The lowest BCUT2D eigenvalue weighted by molar-refractivity contribution is -0.0698. The molecule has 0 fully saturated rings. The van der Waals surface area contributed by atoms with Crippen molar-refractivity contribution in [2.75, 3.05) is 6.61 Å². The van der Waals surface area contributed by atoms with Crippen LogP contribution in [0.3, 0.4) is 0 Å². The number of nitrogens with two attached hydrogens (primary N) is 1. The molecule has 2 aromatic rings. The van der Waals surface area contributed by atoms with Crippen LogP contribution in [0, 0.1) is 11.8 Å². The van der Waals surface area contributed by atoms with Gasteiger partial charge in [-0.05, 0) is 18.2 Å². The fraction of sp³-hybridized carbons (Fsp3) is 0.214. The molecule has 0 aliphatic rings. The van der Waals surface area contributed by atoms with E-state index in [4.69, 9.17) is 10.5 Å². The number of alkyl halides is 3. The van der Waals surface area contributed by atoms with Crippen LogP contribution in [0.5, 0.6) is 5.75 Å². The van der Waals surface area contributed by atoms with Crippen molar-refractivity contribution < 1.29 is 17.9 Å². The third-order valence-electron chi connectivity index (χ3n) is 2.62. The van der Waals surface area contributed by atoms with Gasteiger partial charge in [-0.25, -0.2) is 0 Å². The number of benzene rings is 1. The third kappa shape index (κ3) is 4.00. The van der Waals surface area contributed by atoms with Crippen LogP contribution in [-0.4, -0.2) is 17.8 Å².